The number of hydrogen-bond acceptors (Lipinski definition) is 5. The number of aryl methyl sites for hydroxylation is 1. The van der Waals surface area contributed by atoms with Gasteiger partial charge in [-0.15, -0.1) is 0 Å². The van der Waals surface area contributed by atoms with Gasteiger partial charge in [0.1, 0.15) is 10.3 Å². The normalized spacial score (nSPS) is 23.0. The molecule has 2 fully saturated rings. The van der Waals surface area contributed by atoms with Gasteiger partial charge in [0.15, 0.2) is 5.13 Å². The molecule has 4 rings (SSSR count). The van der Waals surface area contributed by atoms with E-state index in [0.29, 0.717) is 11.3 Å². The molecule has 1 N–H and O–H groups in total. The topological polar surface area (TPSA) is 58.1 Å². The van der Waals surface area contributed by atoms with Gasteiger partial charge in [0.2, 0.25) is 5.91 Å². The number of nitrogens with one attached hydrogen (secondary N) is 1. The van der Waals surface area contributed by atoms with Crippen molar-refractivity contribution in [1.82, 2.24) is 14.9 Å². The molecular formula is C19H26N4OS. The molecule has 0 spiro atoms. The van der Waals surface area contributed by atoms with Crippen LogP contribution in [0.5, 0.6) is 0 Å². The lowest BCUT2D eigenvalue weighted by Gasteiger charge is -2.43. The maximum Gasteiger partial charge on any atom is 0.226 e. The third-order valence-electron chi connectivity index (χ3n) is 5.49. The first-order chi connectivity index (χ1) is 11.9. The molecule has 1 aliphatic heterocycles. The molecule has 1 atom stereocenters. The average Bonchev–Trinajstić information content (AvgIpc) is 3.15. The highest BCUT2D eigenvalue weighted by molar-refractivity contribution is 7.21. The molecule has 1 saturated carbocycles. The summed E-state index contributed by atoms with van der Waals surface area (Å²) >= 11 is 1.59. The van der Waals surface area contributed by atoms with E-state index >= 15 is 0 Å². The number of nitrogens with zero attached hydrogens (tertiary/aromatic N) is 3. The summed E-state index contributed by atoms with van der Waals surface area (Å²) in [4.78, 5) is 25.0. The summed E-state index contributed by atoms with van der Waals surface area (Å²) in [5.41, 5.74) is 2.30. The van der Waals surface area contributed by atoms with Crippen molar-refractivity contribution in [3.63, 3.8) is 0 Å². The van der Waals surface area contributed by atoms with Gasteiger partial charge in [-0.3, -0.25) is 4.79 Å². The number of hydrogen-bond donors (Lipinski definition) is 1. The minimum absolute atomic E-state index is 0.241. The Morgan fingerprint density at radius 1 is 1.36 bits per heavy atom. The van der Waals surface area contributed by atoms with Crippen molar-refractivity contribution >= 4 is 32.7 Å². The molecule has 5 nitrogen and oxygen atoms in total. The second-order valence-electron chi connectivity index (χ2n) is 8.27. The van der Waals surface area contributed by atoms with Gasteiger partial charge < -0.3 is 10.2 Å². The largest absolute Gasteiger partial charge is 0.359 e. The first kappa shape index (κ1) is 16.8. The fraction of sp³-hybridized carbons (Fsp3) is 0.632. The lowest BCUT2D eigenvalue weighted by Crippen LogP contribution is -2.48. The Kier molecular flexibility index (Phi) is 4.18. The number of likely N-dealkylation sites (tertiary alicyclic amines) is 1. The summed E-state index contributed by atoms with van der Waals surface area (Å²) in [7, 11) is 0. The fourth-order valence-corrected chi connectivity index (χ4v) is 5.10. The van der Waals surface area contributed by atoms with Crippen molar-refractivity contribution in [2.24, 2.45) is 11.3 Å². The molecule has 0 radical (unpaired) electrons. The Morgan fingerprint density at radius 3 is 2.92 bits per heavy atom. The molecule has 3 heterocycles. The highest BCUT2D eigenvalue weighted by Crippen LogP contribution is 2.46. The van der Waals surface area contributed by atoms with Gasteiger partial charge in [-0.2, -0.15) is 0 Å². The third-order valence-corrected chi connectivity index (χ3v) is 6.41. The van der Waals surface area contributed by atoms with Gasteiger partial charge in [-0.05, 0) is 50.2 Å². The van der Waals surface area contributed by atoms with Crippen LogP contribution < -0.4 is 5.32 Å². The van der Waals surface area contributed by atoms with Gasteiger partial charge in [0.25, 0.3) is 0 Å². The first-order valence-corrected chi connectivity index (χ1v) is 10.0. The molecule has 6 heteroatoms. The highest BCUT2D eigenvalue weighted by atomic mass is 32.1. The fourth-order valence-electron chi connectivity index (χ4n) is 4.21. The first-order valence-electron chi connectivity index (χ1n) is 9.20. The van der Waals surface area contributed by atoms with Gasteiger partial charge in [-0.25, -0.2) is 9.97 Å². The lowest BCUT2D eigenvalue weighted by atomic mass is 9.64. The second-order valence-corrected chi connectivity index (χ2v) is 9.25. The zero-order chi connectivity index (χ0) is 17.6. The number of carbonyl (C=O) groups is 1. The minimum Gasteiger partial charge on any atom is -0.359 e. The van der Waals surface area contributed by atoms with Crippen molar-refractivity contribution in [1.29, 1.82) is 0 Å². The van der Waals surface area contributed by atoms with Crippen molar-refractivity contribution in [3.05, 3.63) is 17.8 Å². The van der Waals surface area contributed by atoms with Crippen LogP contribution in [0.25, 0.3) is 10.3 Å². The van der Waals surface area contributed by atoms with Crippen LogP contribution >= 0.6 is 11.3 Å². The van der Waals surface area contributed by atoms with Gasteiger partial charge in [0.05, 0.1) is 0 Å². The van der Waals surface area contributed by atoms with Gasteiger partial charge in [-0.1, -0.05) is 25.2 Å². The van der Waals surface area contributed by atoms with E-state index in [1.54, 1.807) is 11.3 Å². The maximum atomic E-state index is 12.8. The number of fused-ring (bicyclic) bond motifs is 1. The Labute approximate surface area is 152 Å². The number of rotatable bonds is 4. The summed E-state index contributed by atoms with van der Waals surface area (Å²) in [5.74, 6) is 0.607. The number of carbonyl (C=O) groups excluding carboxylic acids is 1. The third kappa shape index (κ3) is 3.36. The molecule has 2 aromatic heterocycles. The molecule has 134 valence electrons. The maximum absolute atomic E-state index is 12.8. The standard InChI is InChI=1S/C19H26N4OS/c1-12-6-7-15-16(21-12)25-18(22-15)20-11-14-5-4-8-23(14)17(24)13-9-19(2,3)10-13/h6-7,13-14H,4-5,8-11H2,1-3H3,(H,20,22). The van der Waals surface area contributed by atoms with E-state index in [9.17, 15) is 4.79 Å². The van der Waals surface area contributed by atoms with Crippen molar-refractivity contribution < 1.29 is 4.79 Å². The van der Waals surface area contributed by atoms with Crippen LogP contribution in [0, 0.1) is 18.3 Å². The van der Waals surface area contributed by atoms with Crippen molar-refractivity contribution in [2.45, 2.75) is 52.5 Å². The summed E-state index contributed by atoms with van der Waals surface area (Å²) in [5, 5.41) is 4.35. The molecule has 1 unspecified atom stereocenters. The van der Waals surface area contributed by atoms with E-state index in [-0.39, 0.29) is 12.0 Å². The number of anilines is 1. The van der Waals surface area contributed by atoms with Crippen LogP contribution in [0.3, 0.4) is 0 Å². The van der Waals surface area contributed by atoms with Crippen molar-refractivity contribution in [3.8, 4) is 0 Å². The van der Waals surface area contributed by atoms with Crippen LogP contribution in [0.15, 0.2) is 12.1 Å². The van der Waals surface area contributed by atoms with Crippen LogP contribution in [0.1, 0.15) is 45.2 Å². The summed E-state index contributed by atoms with van der Waals surface area (Å²) in [6, 6.07) is 4.30. The van der Waals surface area contributed by atoms with Crippen LogP contribution in [-0.4, -0.2) is 39.9 Å². The molecule has 0 aromatic carbocycles. The van der Waals surface area contributed by atoms with E-state index in [1.165, 1.54) is 0 Å². The minimum atomic E-state index is 0.241. The summed E-state index contributed by atoms with van der Waals surface area (Å²) < 4.78 is 0. The highest BCUT2D eigenvalue weighted by Gasteiger charge is 2.43. The van der Waals surface area contributed by atoms with Crippen LogP contribution in [-0.2, 0) is 4.79 Å². The van der Waals surface area contributed by atoms with Crippen molar-refractivity contribution in [2.75, 3.05) is 18.4 Å². The summed E-state index contributed by atoms with van der Waals surface area (Å²) in [6.07, 6.45) is 4.25. The van der Waals surface area contributed by atoms with Crippen LogP contribution in [0.4, 0.5) is 5.13 Å². The molecule has 2 aliphatic rings. The summed E-state index contributed by atoms with van der Waals surface area (Å²) in [6.45, 7) is 8.19. The SMILES string of the molecule is Cc1ccc2nc(NCC3CCCN3C(=O)C3CC(C)(C)C3)sc2n1. The predicted octanol–water partition coefficient (Wildman–Crippen LogP) is 3.84. The molecule has 0 bridgehead atoms. The average molecular weight is 359 g/mol. The quantitative estimate of drug-likeness (QED) is 0.902. The second kappa shape index (κ2) is 6.24. The zero-order valence-corrected chi connectivity index (χ0v) is 16.0. The van der Waals surface area contributed by atoms with E-state index in [4.69, 9.17) is 0 Å². The van der Waals surface area contributed by atoms with E-state index in [0.717, 1.165) is 59.9 Å². The van der Waals surface area contributed by atoms with Crippen LogP contribution in [0.2, 0.25) is 0 Å². The number of pyridine rings is 1. The number of aromatic nitrogens is 2. The molecule has 25 heavy (non-hydrogen) atoms. The van der Waals surface area contributed by atoms with E-state index < -0.39 is 0 Å². The Bertz CT molecular complexity index is 792. The lowest BCUT2D eigenvalue weighted by molar-refractivity contribution is -0.143. The molecule has 1 aliphatic carbocycles. The number of amides is 1. The Morgan fingerprint density at radius 2 is 2.16 bits per heavy atom. The molecular weight excluding hydrogens is 332 g/mol. The Hall–Kier alpha value is -1.69. The van der Waals surface area contributed by atoms with E-state index in [2.05, 4.69) is 34.0 Å². The smallest absolute Gasteiger partial charge is 0.226 e. The number of thiazole rings is 1. The molecule has 1 saturated heterocycles. The zero-order valence-electron chi connectivity index (χ0n) is 15.2. The van der Waals surface area contributed by atoms with Gasteiger partial charge >= 0.3 is 0 Å². The van der Waals surface area contributed by atoms with E-state index in [1.807, 2.05) is 19.1 Å². The monoisotopic (exact) mass is 358 g/mol. The molecule has 2 aromatic rings. The molecule has 1 amide bonds. The van der Waals surface area contributed by atoms with Gasteiger partial charge in [0, 0.05) is 30.7 Å². The Balaban J connectivity index is 1.38. The predicted molar refractivity (Wildman–Crippen MR) is 102 cm³/mol.